The maximum atomic E-state index is 13.5. The van der Waals surface area contributed by atoms with Gasteiger partial charge in [-0.2, -0.15) is 0 Å². The lowest BCUT2D eigenvalue weighted by Gasteiger charge is -2.10. The summed E-state index contributed by atoms with van der Waals surface area (Å²) in [5, 5.41) is 6.41. The van der Waals surface area contributed by atoms with Gasteiger partial charge in [0.25, 0.3) is 0 Å². The van der Waals surface area contributed by atoms with Crippen molar-refractivity contribution in [1.29, 1.82) is 0 Å². The van der Waals surface area contributed by atoms with Crippen LogP contribution in [0.5, 0.6) is 0 Å². The Morgan fingerprint density at radius 2 is 2.09 bits per heavy atom. The Bertz CT molecular complexity index is 614. The highest BCUT2D eigenvalue weighted by Gasteiger charge is 2.01. The van der Waals surface area contributed by atoms with Crippen LogP contribution in [-0.2, 0) is 13.0 Å². The zero-order valence-corrected chi connectivity index (χ0v) is 15.8. The molecule has 23 heavy (non-hydrogen) atoms. The number of rotatable bonds is 6. The Labute approximate surface area is 153 Å². The summed E-state index contributed by atoms with van der Waals surface area (Å²) in [6.07, 6.45) is 2.46. The van der Waals surface area contributed by atoms with Crippen molar-refractivity contribution in [2.45, 2.75) is 26.8 Å². The molecule has 0 radical (unpaired) electrons. The second-order valence-corrected chi connectivity index (χ2v) is 5.03. The lowest BCUT2D eigenvalue weighted by molar-refractivity contribution is 0.507. The van der Waals surface area contributed by atoms with E-state index in [-0.39, 0.29) is 29.8 Å². The van der Waals surface area contributed by atoms with Crippen molar-refractivity contribution in [2.75, 3.05) is 13.1 Å². The number of furan rings is 1. The van der Waals surface area contributed by atoms with E-state index in [1.807, 2.05) is 25.1 Å². The smallest absolute Gasteiger partial charge is 0.191 e. The van der Waals surface area contributed by atoms with Crippen molar-refractivity contribution >= 4 is 29.9 Å². The fraction of sp³-hybridized carbons (Fsp3) is 0.353. The van der Waals surface area contributed by atoms with Crippen LogP contribution in [0.15, 0.2) is 46.0 Å². The molecule has 0 saturated heterocycles. The molecule has 0 bridgehead atoms. The lowest BCUT2D eigenvalue weighted by Crippen LogP contribution is -2.38. The van der Waals surface area contributed by atoms with Crippen LogP contribution in [0.3, 0.4) is 0 Å². The number of hydrogen-bond acceptors (Lipinski definition) is 2. The number of aliphatic imine (C=N–C) groups is 1. The van der Waals surface area contributed by atoms with E-state index in [1.165, 1.54) is 6.07 Å². The van der Waals surface area contributed by atoms with Crippen molar-refractivity contribution in [3.63, 3.8) is 0 Å². The van der Waals surface area contributed by atoms with E-state index in [4.69, 9.17) is 4.42 Å². The first kappa shape index (κ1) is 19.5. The van der Waals surface area contributed by atoms with Gasteiger partial charge in [0.2, 0.25) is 0 Å². The molecular weight excluding hydrogens is 408 g/mol. The van der Waals surface area contributed by atoms with Gasteiger partial charge in [-0.1, -0.05) is 12.1 Å². The molecule has 0 aliphatic carbocycles. The van der Waals surface area contributed by atoms with Crippen LogP contribution in [0.1, 0.15) is 23.8 Å². The van der Waals surface area contributed by atoms with Gasteiger partial charge in [-0.3, -0.25) is 0 Å². The number of hydrogen-bond donors (Lipinski definition) is 2. The summed E-state index contributed by atoms with van der Waals surface area (Å²) < 4.78 is 18.8. The number of guanidine groups is 1. The van der Waals surface area contributed by atoms with E-state index in [0.29, 0.717) is 12.1 Å². The van der Waals surface area contributed by atoms with Crippen LogP contribution in [-0.4, -0.2) is 19.0 Å². The van der Waals surface area contributed by atoms with Gasteiger partial charge in [0.05, 0.1) is 12.8 Å². The van der Waals surface area contributed by atoms with Crippen LogP contribution in [0, 0.1) is 12.7 Å². The lowest BCUT2D eigenvalue weighted by atomic mass is 10.1. The molecule has 0 aliphatic heterocycles. The first-order valence-corrected chi connectivity index (χ1v) is 7.48. The Hall–Kier alpha value is -1.57. The predicted molar refractivity (Wildman–Crippen MR) is 102 cm³/mol. The number of benzene rings is 1. The van der Waals surface area contributed by atoms with Gasteiger partial charge in [-0.15, -0.1) is 24.0 Å². The number of halogens is 2. The van der Waals surface area contributed by atoms with Gasteiger partial charge in [0.1, 0.15) is 11.6 Å². The Balaban J connectivity index is 0.00000264. The van der Waals surface area contributed by atoms with E-state index < -0.39 is 0 Å². The molecule has 2 rings (SSSR count). The summed E-state index contributed by atoms with van der Waals surface area (Å²) in [4.78, 5) is 4.47. The SMILES string of the molecule is CCNC(=NCc1ccc(C)c(F)c1)NCCc1ccco1.I. The Morgan fingerprint density at radius 3 is 2.74 bits per heavy atom. The monoisotopic (exact) mass is 431 g/mol. The molecule has 6 heteroatoms. The molecule has 1 aromatic heterocycles. The Kier molecular flexibility index (Phi) is 8.68. The van der Waals surface area contributed by atoms with Gasteiger partial charge in [0, 0.05) is 19.5 Å². The maximum Gasteiger partial charge on any atom is 0.191 e. The number of nitrogens with one attached hydrogen (secondary N) is 2. The third-order valence-electron chi connectivity index (χ3n) is 3.24. The van der Waals surface area contributed by atoms with Crippen LogP contribution in [0.2, 0.25) is 0 Å². The highest BCUT2D eigenvalue weighted by atomic mass is 127. The predicted octanol–water partition coefficient (Wildman–Crippen LogP) is 3.64. The second-order valence-electron chi connectivity index (χ2n) is 5.03. The first-order valence-electron chi connectivity index (χ1n) is 7.48. The van der Waals surface area contributed by atoms with E-state index in [0.717, 1.165) is 36.8 Å². The minimum atomic E-state index is -0.191. The fourth-order valence-electron chi connectivity index (χ4n) is 2.01. The molecule has 0 saturated carbocycles. The molecule has 2 N–H and O–H groups in total. The highest BCUT2D eigenvalue weighted by molar-refractivity contribution is 14.0. The molecule has 4 nitrogen and oxygen atoms in total. The molecule has 2 aromatic rings. The summed E-state index contributed by atoms with van der Waals surface area (Å²) >= 11 is 0. The van der Waals surface area contributed by atoms with E-state index in [2.05, 4.69) is 15.6 Å². The second kappa shape index (κ2) is 10.3. The van der Waals surface area contributed by atoms with Crippen molar-refractivity contribution in [2.24, 2.45) is 4.99 Å². The van der Waals surface area contributed by atoms with Crippen molar-refractivity contribution in [1.82, 2.24) is 10.6 Å². The topological polar surface area (TPSA) is 49.6 Å². The van der Waals surface area contributed by atoms with E-state index in [9.17, 15) is 4.39 Å². The van der Waals surface area contributed by atoms with Crippen LogP contribution in [0.25, 0.3) is 0 Å². The fourth-order valence-corrected chi connectivity index (χ4v) is 2.01. The zero-order valence-electron chi connectivity index (χ0n) is 13.4. The third-order valence-corrected chi connectivity index (χ3v) is 3.24. The molecule has 0 fully saturated rings. The minimum absolute atomic E-state index is 0. The minimum Gasteiger partial charge on any atom is -0.469 e. The summed E-state index contributed by atoms with van der Waals surface area (Å²) in [7, 11) is 0. The standard InChI is InChI=1S/C17H22FN3O.HI/c1-3-19-17(20-9-8-15-5-4-10-22-15)21-12-14-7-6-13(2)16(18)11-14;/h4-7,10-11H,3,8-9,12H2,1-2H3,(H2,19,20,21);1H. The average molecular weight is 431 g/mol. The molecular formula is C17H23FIN3O. The van der Waals surface area contributed by atoms with Crippen molar-refractivity contribution < 1.29 is 8.81 Å². The largest absolute Gasteiger partial charge is 0.469 e. The van der Waals surface area contributed by atoms with Gasteiger partial charge in [0.15, 0.2) is 5.96 Å². The van der Waals surface area contributed by atoms with Crippen LogP contribution in [0.4, 0.5) is 4.39 Å². The van der Waals surface area contributed by atoms with Gasteiger partial charge in [-0.05, 0) is 43.2 Å². The summed E-state index contributed by atoms with van der Waals surface area (Å²) in [5.41, 5.74) is 1.50. The Morgan fingerprint density at radius 1 is 1.26 bits per heavy atom. The summed E-state index contributed by atoms with van der Waals surface area (Å²) in [6, 6.07) is 9.03. The van der Waals surface area contributed by atoms with Gasteiger partial charge < -0.3 is 15.1 Å². The third kappa shape index (κ3) is 6.60. The number of nitrogens with zero attached hydrogens (tertiary/aromatic N) is 1. The maximum absolute atomic E-state index is 13.5. The quantitative estimate of drug-likeness (QED) is 0.417. The molecule has 0 atom stereocenters. The molecule has 126 valence electrons. The highest BCUT2D eigenvalue weighted by Crippen LogP contribution is 2.10. The normalized spacial score (nSPS) is 11.0. The van der Waals surface area contributed by atoms with Gasteiger partial charge >= 0.3 is 0 Å². The van der Waals surface area contributed by atoms with E-state index in [1.54, 1.807) is 19.3 Å². The molecule has 1 aromatic carbocycles. The van der Waals surface area contributed by atoms with Crippen molar-refractivity contribution in [3.05, 3.63) is 59.3 Å². The van der Waals surface area contributed by atoms with Crippen molar-refractivity contribution in [3.8, 4) is 0 Å². The summed E-state index contributed by atoms with van der Waals surface area (Å²) in [5.74, 6) is 1.46. The number of aryl methyl sites for hydroxylation is 1. The molecule has 0 unspecified atom stereocenters. The van der Waals surface area contributed by atoms with Gasteiger partial charge in [-0.25, -0.2) is 9.38 Å². The molecule has 0 spiro atoms. The summed E-state index contributed by atoms with van der Waals surface area (Å²) in [6.45, 7) is 5.70. The molecule has 0 amide bonds. The van der Waals surface area contributed by atoms with Crippen LogP contribution < -0.4 is 10.6 Å². The van der Waals surface area contributed by atoms with E-state index >= 15 is 0 Å². The average Bonchev–Trinajstić information content (AvgIpc) is 3.01. The van der Waals surface area contributed by atoms with Crippen LogP contribution >= 0.6 is 24.0 Å². The zero-order chi connectivity index (χ0) is 15.8. The first-order chi connectivity index (χ1) is 10.7. The molecule has 0 aliphatic rings. The molecule has 1 heterocycles.